The quantitative estimate of drug-likeness (QED) is 0.512. The summed E-state index contributed by atoms with van der Waals surface area (Å²) in [7, 11) is 0. The van der Waals surface area contributed by atoms with Crippen molar-refractivity contribution in [2.24, 2.45) is 10.3 Å². The number of rotatable bonds is 4. The van der Waals surface area contributed by atoms with E-state index in [-0.39, 0.29) is 6.42 Å². The van der Waals surface area contributed by atoms with Gasteiger partial charge in [0.2, 0.25) is 0 Å². The first-order valence-electron chi connectivity index (χ1n) is 6.67. The maximum Gasteiger partial charge on any atom is 0.0991 e. The first-order valence-corrected chi connectivity index (χ1v) is 6.67. The molecule has 2 aromatic rings. The van der Waals surface area contributed by atoms with Gasteiger partial charge in [-0.15, -0.1) is 0 Å². The molecule has 22 heavy (non-hydrogen) atoms. The van der Waals surface area contributed by atoms with Gasteiger partial charge in [-0.3, -0.25) is 0 Å². The van der Waals surface area contributed by atoms with Gasteiger partial charge in [-0.2, -0.15) is 5.26 Å². The van der Waals surface area contributed by atoms with Gasteiger partial charge in [0.1, 0.15) is 0 Å². The highest BCUT2D eigenvalue weighted by Crippen LogP contribution is 2.21. The van der Waals surface area contributed by atoms with Crippen LogP contribution in [0.3, 0.4) is 0 Å². The van der Waals surface area contributed by atoms with Crippen LogP contribution in [0.15, 0.2) is 58.8 Å². The molecule has 0 atom stereocenters. The van der Waals surface area contributed by atoms with E-state index < -0.39 is 0 Å². The van der Waals surface area contributed by atoms with Crippen LogP contribution in [-0.2, 0) is 0 Å². The van der Waals surface area contributed by atoms with E-state index in [1.807, 2.05) is 36.4 Å². The van der Waals surface area contributed by atoms with E-state index in [1.54, 1.807) is 19.1 Å². The summed E-state index contributed by atoms with van der Waals surface area (Å²) in [5.41, 5.74) is 4.27. The molecule has 5 nitrogen and oxygen atoms in total. The van der Waals surface area contributed by atoms with E-state index in [2.05, 4.69) is 16.4 Å². The minimum atomic E-state index is 0.267. The summed E-state index contributed by atoms with van der Waals surface area (Å²) < 4.78 is 0. The molecule has 0 saturated carbocycles. The number of nitriles is 1. The Balaban J connectivity index is 2.24. The number of oxime groups is 2. The van der Waals surface area contributed by atoms with Gasteiger partial charge in [-0.05, 0) is 35.7 Å². The van der Waals surface area contributed by atoms with E-state index in [4.69, 9.17) is 15.7 Å². The van der Waals surface area contributed by atoms with Crippen LogP contribution in [0.5, 0.6) is 0 Å². The monoisotopic (exact) mass is 293 g/mol. The lowest BCUT2D eigenvalue weighted by molar-refractivity contribution is 0.315. The fraction of sp³-hybridized carbons (Fsp3) is 0.118. The zero-order valence-corrected chi connectivity index (χ0v) is 12.1. The zero-order valence-electron chi connectivity index (χ0n) is 12.1. The van der Waals surface area contributed by atoms with Gasteiger partial charge in [0.25, 0.3) is 0 Å². The summed E-state index contributed by atoms with van der Waals surface area (Å²) in [6.07, 6.45) is 0.267. The summed E-state index contributed by atoms with van der Waals surface area (Å²) in [5.74, 6) is 0. The van der Waals surface area contributed by atoms with E-state index in [9.17, 15) is 0 Å². The number of nitrogens with zero attached hydrogens (tertiary/aromatic N) is 3. The molecule has 2 N–H and O–H groups in total. The molecule has 0 spiro atoms. The molecule has 0 amide bonds. The minimum absolute atomic E-state index is 0.267. The second-order valence-corrected chi connectivity index (χ2v) is 4.83. The first-order chi connectivity index (χ1) is 10.7. The number of hydrogen-bond donors (Lipinski definition) is 2. The summed E-state index contributed by atoms with van der Waals surface area (Å²) >= 11 is 0. The molecule has 0 aliphatic carbocycles. The van der Waals surface area contributed by atoms with Crippen LogP contribution < -0.4 is 0 Å². The topological polar surface area (TPSA) is 89.0 Å². The standard InChI is InChI=1S/C17H15N3O2/c1-12(19-21)10-17(20-22)16-8-6-15(7-9-16)14-4-2-13(11-18)3-5-14/h2-9,21-22H,10H2,1H3/b19-12+,20-17-. The summed E-state index contributed by atoms with van der Waals surface area (Å²) in [5, 5.41) is 32.9. The molecule has 0 heterocycles. The molecule has 2 aromatic carbocycles. The highest BCUT2D eigenvalue weighted by atomic mass is 16.4. The lowest BCUT2D eigenvalue weighted by Crippen LogP contribution is -2.07. The first kappa shape index (κ1) is 15.3. The molecule has 0 aliphatic rings. The van der Waals surface area contributed by atoms with Crippen molar-refractivity contribution in [2.75, 3.05) is 0 Å². The second-order valence-electron chi connectivity index (χ2n) is 4.83. The van der Waals surface area contributed by atoms with Gasteiger partial charge in [-0.25, -0.2) is 0 Å². The van der Waals surface area contributed by atoms with Crippen molar-refractivity contribution >= 4 is 11.4 Å². The molecule has 0 fully saturated rings. The molecular weight excluding hydrogens is 278 g/mol. The number of benzene rings is 2. The van der Waals surface area contributed by atoms with Crippen LogP contribution in [0.25, 0.3) is 11.1 Å². The van der Waals surface area contributed by atoms with Crippen molar-refractivity contribution in [3.05, 3.63) is 59.7 Å². The van der Waals surface area contributed by atoms with Gasteiger partial charge < -0.3 is 10.4 Å². The normalized spacial score (nSPS) is 12.0. The van der Waals surface area contributed by atoms with Crippen LogP contribution in [0.1, 0.15) is 24.5 Å². The maximum atomic E-state index is 9.09. The molecular formula is C17H15N3O2. The van der Waals surface area contributed by atoms with Crippen molar-refractivity contribution in [2.45, 2.75) is 13.3 Å². The van der Waals surface area contributed by atoms with Gasteiger partial charge in [0.15, 0.2) is 0 Å². The highest BCUT2D eigenvalue weighted by Gasteiger charge is 2.07. The lowest BCUT2D eigenvalue weighted by Gasteiger charge is -2.06. The van der Waals surface area contributed by atoms with Crippen molar-refractivity contribution in [3.8, 4) is 17.2 Å². The smallest absolute Gasteiger partial charge is 0.0991 e. The van der Waals surface area contributed by atoms with Gasteiger partial charge in [0.05, 0.1) is 23.1 Å². The molecule has 110 valence electrons. The summed E-state index contributed by atoms with van der Waals surface area (Å²) in [6, 6.07) is 16.9. The Kier molecular flexibility index (Phi) is 4.89. The Labute approximate surface area is 128 Å². The summed E-state index contributed by atoms with van der Waals surface area (Å²) in [4.78, 5) is 0. The molecule has 0 saturated heterocycles. The van der Waals surface area contributed by atoms with Crippen LogP contribution in [0.4, 0.5) is 0 Å². The molecule has 5 heteroatoms. The Morgan fingerprint density at radius 1 is 0.955 bits per heavy atom. The number of hydrogen-bond acceptors (Lipinski definition) is 5. The summed E-state index contributed by atoms with van der Waals surface area (Å²) in [6.45, 7) is 1.65. The maximum absolute atomic E-state index is 9.09. The average molecular weight is 293 g/mol. The highest BCUT2D eigenvalue weighted by molar-refractivity contribution is 6.11. The third kappa shape index (κ3) is 3.49. The van der Waals surface area contributed by atoms with E-state index >= 15 is 0 Å². The Morgan fingerprint density at radius 3 is 1.95 bits per heavy atom. The Bertz CT molecular complexity index is 739. The van der Waals surface area contributed by atoms with Crippen LogP contribution in [0, 0.1) is 11.3 Å². The fourth-order valence-corrected chi connectivity index (χ4v) is 2.07. The molecule has 0 unspecified atom stereocenters. The zero-order chi connectivity index (χ0) is 15.9. The molecule has 0 bridgehead atoms. The predicted octanol–water partition coefficient (Wildman–Crippen LogP) is 3.64. The van der Waals surface area contributed by atoms with E-state index in [1.165, 1.54) is 0 Å². The minimum Gasteiger partial charge on any atom is -0.411 e. The average Bonchev–Trinajstić information content (AvgIpc) is 2.59. The molecule has 0 aromatic heterocycles. The molecule has 0 aliphatic heterocycles. The Hall–Kier alpha value is -3.13. The third-order valence-electron chi connectivity index (χ3n) is 3.28. The predicted molar refractivity (Wildman–Crippen MR) is 84.4 cm³/mol. The van der Waals surface area contributed by atoms with Gasteiger partial charge in [-0.1, -0.05) is 46.7 Å². The third-order valence-corrected chi connectivity index (χ3v) is 3.28. The molecule has 2 rings (SSSR count). The van der Waals surface area contributed by atoms with Crippen LogP contribution >= 0.6 is 0 Å². The van der Waals surface area contributed by atoms with E-state index in [0.717, 1.165) is 16.7 Å². The van der Waals surface area contributed by atoms with Gasteiger partial charge in [0, 0.05) is 6.42 Å². The second kappa shape index (κ2) is 7.04. The van der Waals surface area contributed by atoms with Crippen molar-refractivity contribution in [1.82, 2.24) is 0 Å². The van der Waals surface area contributed by atoms with Crippen LogP contribution in [0.2, 0.25) is 0 Å². The van der Waals surface area contributed by atoms with Crippen molar-refractivity contribution < 1.29 is 10.4 Å². The lowest BCUT2D eigenvalue weighted by atomic mass is 9.99. The van der Waals surface area contributed by atoms with E-state index in [0.29, 0.717) is 17.0 Å². The Morgan fingerprint density at radius 2 is 1.50 bits per heavy atom. The van der Waals surface area contributed by atoms with Crippen LogP contribution in [-0.4, -0.2) is 21.8 Å². The largest absolute Gasteiger partial charge is 0.411 e. The fourth-order valence-electron chi connectivity index (χ4n) is 2.07. The van der Waals surface area contributed by atoms with Gasteiger partial charge >= 0.3 is 0 Å². The van der Waals surface area contributed by atoms with Crippen molar-refractivity contribution in [1.29, 1.82) is 5.26 Å². The SMILES string of the molecule is C/C(C/C(=N/O)c1ccc(-c2ccc(C#N)cc2)cc1)=N\O. The molecule has 0 radical (unpaired) electrons. The van der Waals surface area contributed by atoms with Crippen molar-refractivity contribution in [3.63, 3.8) is 0 Å².